The van der Waals surface area contributed by atoms with Gasteiger partial charge >= 0.3 is 0 Å². The molecule has 0 spiro atoms. The number of benzene rings is 2. The fourth-order valence-electron chi connectivity index (χ4n) is 2.42. The number of ether oxygens (including phenoxy) is 1. The third-order valence-electron chi connectivity index (χ3n) is 3.45. The molecule has 0 aliphatic rings. The molecule has 2 aromatic carbocycles. The maximum absolute atomic E-state index is 5.29. The van der Waals surface area contributed by atoms with Gasteiger partial charge in [0.15, 0.2) is 0 Å². The van der Waals surface area contributed by atoms with E-state index in [1.165, 1.54) is 27.8 Å². The Kier molecular flexibility index (Phi) is 4.23. The molecule has 0 heterocycles. The van der Waals surface area contributed by atoms with Gasteiger partial charge in [-0.2, -0.15) is 0 Å². The van der Waals surface area contributed by atoms with E-state index in [4.69, 9.17) is 4.74 Å². The zero-order valence-corrected chi connectivity index (χ0v) is 12.1. The topological polar surface area (TPSA) is 21.3 Å². The number of hydrogen-bond acceptors (Lipinski definition) is 2. The highest BCUT2D eigenvalue weighted by Gasteiger charge is 2.06. The monoisotopic (exact) mass is 255 g/mol. The summed E-state index contributed by atoms with van der Waals surface area (Å²) in [5, 5.41) is 3.22. The number of rotatable bonds is 4. The Labute approximate surface area is 115 Å². The van der Waals surface area contributed by atoms with Gasteiger partial charge in [-0.15, -0.1) is 0 Å². The zero-order valence-electron chi connectivity index (χ0n) is 12.1. The summed E-state index contributed by atoms with van der Waals surface area (Å²) < 4.78 is 5.29. The molecule has 0 fully saturated rings. The van der Waals surface area contributed by atoms with E-state index in [1.807, 2.05) is 19.2 Å². The number of hydrogen-bond donors (Lipinski definition) is 1. The van der Waals surface area contributed by atoms with E-state index in [1.54, 1.807) is 7.11 Å². The molecule has 1 N–H and O–H groups in total. The van der Waals surface area contributed by atoms with Crippen LogP contribution in [-0.2, 0) is 6.54 Å². The molecule has 0 radical (unpaired) electrons. The lowest BCUT2D eigenvalue weighted by Crippen LogP contribution is -2.08. The van der Waals surface area contributed by atoms with E-state index in [-0.39, 0.29) is 0 Å². The maximum atomic E-state index is 5.29. The van der Waals surface area contributed by atoms with Gasteiger partial charge < -0.3 is 10.1 Å². The Morgan fingerprint density at radius 3 is 2.26 bits per heavy atom. The third-order valence-corrected chi connectivity index (χ3v) is 3.45. The van der Waals surface area contributed by atoms with Crippen LogP contribution < -0.4 is 10.1 Å². The van der Waals surface area contributed by atoms with E-state index in [0.717, 1.165) is 12.3 Å². The summed E-state index contributed by atoms with van der Waals surface area (Å²) in [4.78, 5) is 0. The molecule has 0 aromatic heterocycles. The minimum atomic E-state index is 0.895. The summed E-state index contributed by atoms with van der Waals surface area (Å²) in [5.74, 6) is 0.895. The van der Waals surface area contributed by atoms with Crippen LogP contribution in [0.1, 0.15) is 16.7 Å². The van der Waals surface area contributed by atoms with Gasteiger partial charge in [-0.25, -0.2) is 0 Å². The summed E-state index contributed by atoms with van der Waals surface area (Å²) in [6.45, 7) is 5.25. The van der Waals surface area contributed by atoms with Crippen LogP contribution in [0.2, 0.25) is 0 Å². The molecule has 2 nitrogen and oxygen atoms in total. The van der Waals surface area contributed by atoms with Crippen LogP contribution in [0.25, 0.3) is 11.1 Å². The standard InChI is InChI=1S/C17H21NO/c1-12-8-15(9-13(2)17(12)11-18-3)14-6-5-7-16(10-14)19-4/h5-10,18H,11H2,1-4H3. The molecule has 2 heteroatoms. The molecule has 2 rings (SSSR count). The van der Waals surface area contributed by atoms with Gasteiger partial charge in [0.2, 0.25) is 0 Å². The predicted octanol–water partition coefficient (Wildman–Crippen LogP) is 3.70. The lowest BCUT2D eigenvalue weighted by Gasteiger charge is -2.13. The predicted molar refractivity (Wildman–Crippen MR) is 80.7 cm³/mol. The minimum absolute atomic E-state index is 0.895. The van der Waals surface area contributed by atoms with Gasteiger partial charge in [-0.1, -0.05) is 24.3 Å². The molecule has 0 unspecified atom stereocenters. The van der Waals surface area contributed by atoms with Crippen LogP contribution in [0.3, 0.4) is 0 Å². The molecule has 0 aliphatic heterocycles. The molecule has 0 bridgehead atoms. The van der Waals surface area contributed by atoms with Crippen LogP contribution in [0, 0.1) is 13.8 Å². The second-order valence-corrected chi connectivity index (χ2v) is 4.85. The largest absolute Gasteiger partial charge is 0.497 e. The highest BCUT2D eigenvalue weighted by Crippen LogP contribution is 2.27. The van der Waals surface area contributed by atoms with Crippen LogP contribution >= 0.6 is 0 Å². The maximum Gasteiger partial charge on any atom is 0.119 e. The van der Waals surface area contributed by atoms with Crippen molar-refractivity contribution in [3.63, 3.8) is 0 Å². The summed E-state index contributed by atoms with van der Waals surface area (Å²) in [7, 11) is 3.68. The van der Waals surface area contributed by atoms with Gasteiger partial charge in [0.05, 0.1) is 7.11 Å². The molecule has 19 heavy (non-hydrogen) atoms. The zero-order chi connectivity index (χ0) is 13.8. The Morgan fingerprint density at radius 2 is 1.68 bits per heavy atom. The molecular weight excluding hydrogens is 234 g/mol. The summed E-state index contributed by atoms with van der Waals surface area (Å²) in [5.41, 5.74) is 6.48. The molecule has 2 aromatic rings. The SMILES string of the molecule is CNCc1c(C)cc(-c2cccc(OC)c2)cc1C. The summed E-state index contributed by atoms with van der Waals surface area (Å²) >= 11 is 0. The Hall–Kier alpha value is -1.80. The van der Waals surface area contributed by atoms with Crippen molar-refractivity contribution in [2.75, 3.05) is 14.2 Å². The summed E-state index contributed by atoms with van der Waals surface area (Å²) in [6, 6.07) is 12.7. The van der Waals surface area contributed by atoms with Gasteiger partial charge in [0.25, 0.3) is 0 Å². The quantitative estimate of drug-likeness (QED) is 0.899. The van der Waals surface area contributed by atoms with Gasteiger partial charge in [0, 0.05) is 6.54 Å². The highest BCUT2D eigenvalue weighted by molar-refractivity contribution is 5.67. The van der Waals surface area contributed by atoms with Crippen molar-refractivity contribution in [3.8, 4) is 16.9 Å². The smallest absolute Gasteiger partial charge is 0.119 e. The number of methoxy groups -OCH3 is 1. The fourth-order valence-corrected chi connectivity index (χ4v) is 2.42. The van der Waals surface area contributed by atoms with Gasteiger partial charge in [-0.3, -0.25) is 0 Å². The van der Waals surface area contributed by atoms with Crippen LogP contribution in [0.4, 0.5) is 0 Å². The average Bonchev–Trinajstić information content (AvgIpc) is 2.42. The first-order chi connectivity index (χ1) is 9.15. The van der Waals surface area contributed by atoms with Crippen LogP contribution in [-0.4, -0.2) is 14.2 Å². The summed E-state index contributed by atoms with van der Waals surface area (Å²) in [6.07, 6.45) is 0. The highest BCUT2D eigenvalue weighted by atomic mass is 16.5. The molecule has 0 saturated heterocycles. The van der Waals surface area contributed by atoms with Crippen molar-refractivity contribution in [3.05, 3.63) is 53.1 Å². The molecule has 0 saturated carbocycles. The minimum Gasteiger partial charge on any atom is -0.497 e. The van der Waals surface area contributed by atoms with Crippen molar-refractivity contribution in [1.82, 2.24) is 5.32 Å². The van der Waals surface area contributed by atoms with Gasteiger partial charge in [-0.05, 0) is 60.8 Å². The number of aryl methyl sites for hydroxylation is 2. The number of nitrogens with one attached hydrogen (secondary N) is 1. The van der Waals surface area contributed by atoms with E-state index in [0.29, 0.717) is 0 Å². The molecule has 0 aliphatic carbocycles. The fraction of sp³-hybridized carbons (Fsp3) is 0.294. The van der Waals surface area contributed by atoms with Crippen molar-refractivity contribution in [1.29, 1.82) is 0 Å². The molecule has 100 valence electrons. The average molecular weight is 255 g/mol. The van der Waals surface area contributed by atoms with Crippen molar-refractivity contribution in [2.24, 2.45) is 0 Å². The van der Waals surface area contributed by atoms with Crippen molar-refractivity contribution < 1.29 is 4.74 Å². The molecule has 0 atom stereocenters. The van der Waals surface area contributed by atoms with Gasteiger partial charge in [0.1, 0.15) is 5.75 Å². The van der Waals surface area contributed by atoms with Crippen LogP contribution in [0.5, 0.6) is 5.75 Å². The second kappa shape index (κ2) is 5.89. The first-order valence-electron chi connectivity index (χ1n) is 6.55. The molecular formula is C17H21NO. The Balaban J connectivity index is 2.45. The van der Waals surface area contributed by atoms with Crippen molar-refractivity contribution >= 4 is 0 Å². The Bertz CT molecular complexity index is 552. The Morgan fingerprint density at radius 1 is 1.00 bits per heavy atom. The van der Waals surface area contributed by atoms with E-state index < -0.39 is 0 Å². The van der Waals surface area contributed by atoms with E-state index in [9.17, 15) is 0 Å². The lowest BCUT2D eigenvalue weighted by molar-refractivity contribution is 0.415. The third kappa shape index (κ3) is 2.96. The second-order valence-electron chi connectivity index (χ2n) is 4.85. The van der Waals surface area contributed by atoms with E-state index >= 15 is 0 Å². The van der Waals surface area contributed by atoms with Crippen LogP contribution in [0.15, 0.2) is 36.4 Å². The molecule has 0 amide bonds. The van der Waals surface area contributed by atoms with E-state index in [2.05, 4.69) is 43.4 Å². The normalized spacial score (nSPS) is 10.5. The first-order valence-corrected chi connectivity index (χ1v) is 6.55. The lowest BCUT2D eigenvalue weighted by atomic mass is 9.95. The van der Waals surface area contributed by atoms with Crippen molar-refractivity contribution in [2.45, 2.75) is 20.4 Å². The first kappa shape index (κ1) is 13.6.